The van der Waals surface area contributed by atoms with Gasteiger partial charge >= 0.3 is 90.4 Å². The zero-order valence-corrected chi connectivity index (χ0v) is 11.1. The fourth-order valence-electron chi connectivity index (χ4n) is 0.0942. The normalized spacial score (nSPS) is 13.6. The fraction of sp³-hybridized carbons (Fsp3) is 1.00. The van der Waals surface area contributed by atoms with Crippen molar-refractivity contribution >= 4 is 62.4 Å². The molecule has 0 radical (unpaired) electrons. The van der Waals surface area contributed by atoms with E-state index in [1.807, 2.05) is 31.9 Å². The molecule has 0 spiro atoms. The summed E-state index contributed by atoms with van der Waals surface area (Å²) in [5.74, 6) is 0. The molecule has 0 aromatic rings. The third kappa shape index (κ3) is 11.7. The number of alkyl halides is 6. The third-order valence-electron chi connectivity index (χ3n) is 0.257. The van der Waals surface area contributed by atoms with Crippen molar-refractivity contribution in [3.63, 3.8) is 0 Å². The predicted molar refractivity (Wildman–Crippen MR) is 40.3 cm³/mol. The van der Waals surface area contributed by atoms with E-state index in [4.69, 9.17) is 0 Å². The van der Waals surface area contributed by atoms with Gasteiger partial charge in [-0.25, -0.2) is 0 Å². The maximum absolute atomic E-state index is 11.9. The molecule has 0 aliphatic heterocycles. The first-order valence-corrected chi connectivity index (χ1v) is 6.57. The van der Waals surface area contributed by atoms with Gasteiger partial charge in [-0.3, -0.25) is 0 Å². The van der Waals surface area contributed by atoms with Gasteiger partial charge < -0.3 is 0 Å². The Bertz CT molecular complexity index is 108. The summed E-state index contributed by atoms with van der Waals surface area (Å²) >= 11 is 0.773. The van der Waals surface area contributed by atoms with Gasteiger partial charge in [0.25, 0.3) is 0 Å². The summed E-state index contributed by atoms with van der Waals surface area (Å²) in [5.41, 5.74) is 0. The molecule has 0 aromatic carbocycles. The Morgan fingerprint density at radius 2 is 1.18 bits per heavy atom. The van der Waals surface area contributed by atoms with Crippen LogP contribution in [0.2, 0.25) is 0 Å². The van der Waals surface area contributed by atoms with Crippen LogP contribution in [0.3, 0.4) is 0 Å². The average Bonchev–Trinajstić information content (AvgIpc) is 1.55. The Morgan fingerprint density at radius 3 is 1.36 bits per heavy atom. The molecule has 0 rings (SSSR count). The van der Waals surface area contributed by atoms with Gasteiger partial charge in [0.2, 0.25) is 0 Å². The summed E-state index contributed by atoms with van der Waals surface area (Å²) in [6.45, 7) is 0. The minimum absolute atomic E-state index is 1.58. The van der Waals surface area contributed by atoms with E-state index < -0.39 is 38.0 Å². The van der Waals surface area contributed by atoms with Crippen LogP contribution in [0.1, 0.15) is 0 Å². The summed E-state index contributed by atoms with van der Waals surface area (Å²) in [6.07, 6.45) is 0. The molecular formula is C2Br2F4OSe2. The Hall–Kier alpha value is 1.68. The van der Waals surface area contributed by atoms with Crippen molar-refractivity contribution in [1.82, 2.24) is 0 Å². The summed E-state index contributed by atoms with van der Waals surface area (Å²) in [6, 6.07) is 0. The molecule has 0 aliphatic carbocycles. The van der Waals surface area contributed by atoms with Crippen molar-refractivity contribution in [1.29, 1.82) is 0 Å². The molecular weight excluding hydrogens is 434 g/mol. The van der Waals surface area contributed by atoms with Crippen LogP contribution in [-0.2, 0) is 2.90 Å². The molecule has 0 atom stereocenters. The van der Waals surface area contributed by atoms with Crippen molar-refractivity contribution < 1.29 is 20.5 Å². The van der Waals surface area contributed by atoms with E-state index in [9.17, 15) is 17.6 Å². The zero-order chi connectivity index (χ0) is 9.12. The van der Waals surface area contributed by atoms with Crippen molar-refractivity contribution in [2.45, 2.75) is 7.46 Å². The van der Waals surface area contributed by atoms with E-state index in [-0.39, 0.29) is 0 Å². The average molecular weight is 434 g/mol. The summed E-state index contributed by atoms with van der Waals surface area (Å²) in [7, 11) is 0. The molecule has 0 saturated carbocycles. The predicted octanol–water partition coefficient (Wildman–Crippen LogP) is 2.13. The van der Waals surface area contributed by atoms with E-state index in [2.05, 4.69) is 2.90 Å². The van der Waals surface area contributed by atoms with E-state index in [1.54, 1.807) is 0 Å². The van der Waals surface area contributed by atoms with Gasteiger partial charge in [-0.15, -0.1) is 0 Å². The second-order valence-electron chi connectivity index (χ2n) is 1.13. The molecule has 9 heteroatoms. The first kappa shape index (κ1) is 12.7. The molecule has 68 valence electrons. The molecule has 11 heavy (non-hydrogen) atoms. The summed E-state index contributed by atoms with van der Waals surface area (Å²) < 4.78 is 45.2. The van der Waals surface area contributed by atoms with Gasteiger partial charge in [-0.1, -0.05) is 0 Å². The Kier molecular flexibility index (Phi) is 5.52. The quantitative estimate of drug-likeness (QED) is 0.375. The molecule has 0 N–H and O–H groups in total. The van der Waals surface area contributed by atoms with Gasteiger partial charge in [-0.2, -0.15) is 0 Å². The van der Waals surface area contributed by atoms with Crippen LogP contribution in [0.5, 0.6) is 0 Å². The van der Waals surface area contributed by atoms with Crippen molar-refractivity contribution in [2.75, 3.05) is 0 Å². The Morgan fingerprint density at radius 1 is 0.909 bits per heavy atom. The van der Waals surface area contributed by atoms with Gasteiger partial charge in [0.15, 0.2) is 0 Å². The Balaban J connectivity index is 3.44. The molecule has 0 unspecified atom stereocenters. The fourth-order valence-corrected chi connectivity index (χ4v) is 5.46. The van der Waals surface area contributed by atoms with Gasteiger partial charge in [0.05, 0.1) is 0 Å². The van der Waals surface area contributed by atoms with Crippen LogP contribution in [0, 0.1) is 0 Å². The van der Waals surface area contributed by atoms with Crippen LogP contribution >= 0.6 is 31.9 Å². The molecule has 0 saturated heterocycles. The van der Waals surface area contributed by atoms with Crippen molar-refractivity contribution in [3.8, 4) is 0 Å². The Labute approximate surface area is 89.8 Å². The van der Waals surface area contributed by atoms with Crippen molar-refractivity contribution in [2.24, 2.45) is 0 Å². The summed E-state index contributed by atoms with van der Waals surface area (Å²) in [4.78, 5) is 0. The number of rotatable bonds is 4. The molecule has 0 amide bonds. The zero-order valence-electron chi connectivity index (χ0n) is 4.49. The number of hydrogen-bond acceptors (Lipinski definition) is 1. The van der Waals surface area contributed by atoms with Crippen molar-refractivity contribution in [3.05, 3.63) is 0 Å². The van der Waals surface area contributed by atoms with Crippen LogP contribution in [0.4, 0.5) is 17.6 Å². The first-order valence-electron chi connectivity index (χ1n) is 1.88. The monoisotopic (exact) mass is 434 g/mol. The SMILES string of the molecule is FC(F)(Br)[Se]O[Se]C(F)(F)Br. The molecule has 0 bridgehead atoms. The topological polar surface area (TPSA) is 9.23 Å². The molecule has 0 aromatic heterocycles. The third-order valence-corrected chi connectivity index (χ3v) is 4.19. The van der Waals surface area contributed by atoms with E-state index >= 15 is 0 Å². The van der Waals surface area contributed by atoms with Gasteiger partial charge in [-0.05, 0) is 0 Å². The number of hydrogen-bond donors (Lipinski definition) is 0. The molecule has 1 nitrogen and oxygen atoms in total. The summed E-state index contributed by atoms with van der Waals surface area (Å²) in [5, 5.41) is 0. The minimum atomic E-state index is -3.17. The van der Waals surface area contributed by atoms with E-state index in [0.717, 1.165) is 0 Å². The second-order valence-corrected chi connectivity index (χ2v) is 10.1. The van der Waals surface area contributed by atoms with E-state index in [0.29, 0.717) is 0 Å². The van der Waals surface area contributed by atoms with Crippen LogP contribution in [-0.4, -0.2) is 38.0 Å². The number of halogens is 6. The molecule has 0 heterocycles. The van der Waals surface area contributed by atoms with Gasteiger partial charge in [0.1, 0.15) is 0 Å². The molecule has 0 fully saturated rings. The second kappa shape index (κ2) is 4.79. The van der Waals surface area contributed by atoms with Crippen LogP contribution < -0.4 is 0 Å². The van der Waals surface area contributed by atoms with Crippen LogP contribution in [0.25, 0.3) is 0 Å². The molecule has 0 aliphatic rings. The van der Waals surface area contributed by atoms with E-state index in [1.165, 1.54) is 0 Å². The maximum atomic E-state index is 11.9. The van der Waals surface area contributed by atoms with Gasteiger partial charge in [0, 0.05) is 0 Å². The standard InChI is InChI=1S/C2Br2F4OSe2/c3-1(5,6)10-9-11-2(4,7)8. The van der Waals surface area contributed by atoms with Crippen LogP contribution in [0.15, 0.2) is 0 Å². The first-order chi connectivity index (χ1) is 4.71.